The number of hydrogen-bond donors (Lipinski definition) is 1. The molecule has 158 valence electrons. The third-order valence-electron chi connectivity index (χ3n) is 6.06. The van der Waals surface area contributed by atoms with E-state index < -0.39 is 0 Å². The van der Waals surface area contributed by atoms with E-state index in [1.807, 2.05) is 31.2 Å². The predicted molar refractivity (Wildman–Crippen MR) is 122 cm³/mol. The van der Waals surface area contributed by atoms with E-state index in [9.17, 15) is 9.59 Å². The summed E-state index contributed by atoms with van der Waals surface area (Å²) in [7, 11) is 1.77. The van der Waals surface area contributed by atoms with Crippen molar-refractivity contribution in [3.05, 3.63) is 52.5 Å². The number of halogens is 1. The van der Waals surface area contributed by atoms with Crippen LogP contribution < -0.4 is 15.1 Å². The van der Waals surface area contributed by atoms with Crippen LogP contribution in [0.1, 0.15) is 18.1 Å². The number of aryl methyl sites for hydroxylation is 1. The quantitative estimate of drug-likeness (QED) is 0.814. The fourth-order valence-electron chi connectivity index (χ4n) is 4.19. The molecule has 6 nitrogen and oxygen atoms in total. The lowest BCUT2D eigenvalue weighted by Gasteiger charge is -2.40. The fraction of sp³-hybridized carbons (Fsp3) is 0.391. The summed E-state index contributed by atoms with van der Waals surface area (Å²) < 4.78 is 0. The van der Waals surface area contributed by atoms with Gasteiger partial charge in [-0.05, 0) is 55.3 Å². The Hall–Kier alpha value is -2.57. The molecule has 1 fully saturated rings. The van der Waals surface area contributed by atoms with Crippen molar-refractivity contribution in [3.63, 3.8) is 0 Å². The van der Waals surface area contributed by atoms with Crippen molar-refractivity contribution in [2.45, 2.75) is 26.3 Å². The molecule has 1 N–H and O–H groups in total. The monoisotopic (exact) mass is 426 g/mol. The van der Waals surface area contributed by atoms with Gasteiger partial charge in [0.1, 0.15) is 0 Å². The van der Waals surface area contributed by atoms with Crippen molar-refractivity contribution in [2.75, 3.05) is 48.3 Å². The minimum absolute atomic E-state index is 0.0374. The SMILES string of the molecule is Cc1cc(N2CCN(CC(=O)Nc3ccc4c(c3)N(C)C(=O)C4)[C@H](C)C2)ccc1Cl. The molecule has 7 heteroatoms. The summed E-state index contributed by atoms with van der Waals surface area (Å²) in [5.41, 5.74) is 4.85. The van der Waals surface area contributed by atoms with Crippen molar-refractivity contribution in [2.24, 2.45) is 0 Å². The van der Waals surface area contributed by atoms with Gasteiger partial charge in [-0.25, -0.2) is 0 Å². The third kappa shape index (κ3) is 4.16. The number of likely N-dealkylation sites (N-methyl/N-ethyl adjacent to an activating group) is 1. The standard InChI is InChI=1S/C23H27ClN4O2/c1-15-10-19(6-7-20(15)24)28-9-8-27(16(2)13-28)14-22(29)25-18-5-4-17-11-23(30)26(3)21(17)12-18/h4-7,10,12,16H,8-9,11,13-14H2,1-3H3,(H,25,29)/t16-/m1/s1. The smallest absolute Gasteiger partial charge is 0.238 e. The highest BCUT2D eigenvalue weighted by Gasteiger charge is 2.27. The number of rotatable bonds is 4. The van der Waals surface area contributed by atoms with Gasteiger partial charge in [0.05, 0.1) is 13.0 Å². The van der Waals surface area contributed by atoms with E-state index in [1.54, 1.807) is 11.9 Å². The number of carbonyl (C=O) groups is 2. The Labute approximate surface area is 182 Å². The van der Waals surface area contributed by atoms with Gasteiger partial charge in [0.25, 0.3) is 0 Å². The average molecular weight is 427 g/mol. The Kier molecular flexibility index (Phi) is 5.71. The van der Waals surface area contributed by atoms with Crippen LogP contribution in [0.5, 0.6) is 0 Å². The molecule has 2 heterocycles. The van der Waals surface area contributed by atoms with Crippen LogP contribution in [0, 0.1) is 6.92 Å². The molecule has 0 bridgehead atoms. The zero-order valence-corrected chi connectivity index (χ0v) is 18.4. The predicted octanol–water partition coefficient (Wildman–Crippen LogP) is 3.32. The number of nitrogens with one attached hydrogen (secondary N) is 1. The summed E-state index contributed by atoms with van der Waals surface area (Å²) in [6.45, 7) is 7.06. The molecule has 4 rings (SSSR count). The number of piperazine rings is 1. The Morgan fingerprint density at radius 2 is 2.00 bits per heavy atom. The third-order valence-corrected chi connectivity index (χ3v) is 6.49. The summed E-state index contributed by atoms with van der Waals surface area (Å²) in [5.74, 6) is 0.0422. The minimum Gasteiger partial charge on any atom is -0.369 e. The van der Waals surface area contributed by atoms with Gasteiger partial charge < -0.3 is 15.1 Å². The zero-order chi connectivity index (χ0) is 21.4. The zero-order valence-electron chi connectivity index (χ0n) is 17.6. The summed E-state index contributed by atoms with van der Waals surface area (Å²) >= 11 is 6.15. The molecule has 0 aromatic heterocycles. The lowest BCUT2D eigenvalue weighted by atomic mass is 10.1. The Bertz CT molecular complexity index is 993. The van der Waals surface area contributed by atoms with Gasteiger partial charge in [0.2, 0.25) is 11.8 Å². The van der Waals surface area contributed by atoms with Crippen LogP contribution in [0.4, 0.5) is 17.1 Å². The Balaban J connectivity index is 1.35. The van der Waals surface area contributed by atoms with Gasteiger partial charge in [0, 0.05) is 54.8 Å². The molecular weight excluding hydrogens is 400 g/mol. The highest BCUT2D eigenvalue weighted by atomic mass is 35.5. The molecule has 2 aliphatic rings. The van der Waals surface area contributed by atoms with Gasteiger partial charge in [-0.2, -0.15) is 0 Å². The van der Waals surface area contributed by atoms with Crippen molar-refractivity contribution in [1.29, 1.82) is 0 Å². The van der Waals surface area contributed by atoms with Gasteiger partial charge in [-0.15, -0.1) is 0 Å². The van der Waals surface area contributed by atoms with Gasteiger partial charge in [-0.1, -0.05) is 17.7 Å². The first-order chi connectivity index (χ1) is 14.3. The molecule has 0 saturated carbocycles. The molecule has 2 aliphatic heterocycles. The van der Waals surface area contributed by atoms with E-state index in [0.717, 1.165) is 47.2 Å². The van der Waals surface area contributed by atoms with Crippen LogP contribution in [0.2, 0.25) is 5.02 Å². The van der Waals surface area contributed by atoms with E-state index in [1.165, 1.54) is 5.69 Å². The number of amides is 2. The highest BCUT2D eigenvalue weighted by molar-refractivity contribution is 6.31. The maximum atomic E-state index is 12.6. The van der Waals surface area contributed by atoms with Crippen molar-refractivity contribution in [1.82, 2.24) is 4.90 Å². The topological polar surface area (TPSA) is 55.9 Å². The molecule has 0 radical (unpaired) electrons. The summed E-state index contributed by atoms with van der Waals surface area (Å²) in [6.07, 6.45) is 0.426. The number of fused-ring (bicyclic) bond motifs is 1. The van der Waals surface area contributed by atoms with E-state index in [-0.39, 0.29) is 17.9 Å². The van der Waals surface area contributed by atoms with E-state index in [2.05, 4.69) is 34.2 Å². The van der Waals surface area contributed by atoms with E-state index in [0.29, 0.717) is 13.0 Å². The maximum absolute atomic E-state index is 12.6. The van der Waals surface area contributed by atoms with Crippen LogP contribution in [0.25, 0.3) is 0 Å². The molecule has 0 spiro atoms. The fourth-order valence-corrected chi connectivity index (χ4v) is 4.31. The Morgan fingerprint density at radius 1 is 1.20 bits per heavy atom. The van der Waals surface area contributed by atoms with E-state index >= 15 is 0 Å². The summed E-state index contributed by atoms with van der Waals surface area (Å²) in [5, 5.41) is 3.77. The molecule has 0 aliphatic carbocycles. The lowest BCUT2D eigenvalue weighted by molar-refractivity contribution is -0.118. The van der Waals surface area contributed by atoms with Crippen LogP contribution in [-0.2, 0) is 16.0 Å². The van der Waals surface area contributed by atoms with Gasteiger partial charge in [0.15, 0.2) is 0 Å². The molecule has 0 unspecified atom stereocenters. The Morgan fingerprint density at radius 3 is 2.73 bits per heavy atom. The molecule has 1 saturated heterocycles. The van der Waals surface area contributed by atoms with Gasteiger partial charge >= 0.3 is 0 Å². The molecule has 30 heavy (non-hydrogen) atoms. The van der Waals surface area contributed by atoms with Crippen LogP contribution in [0.3, 0.4) is 0 Å². The first-order valence-electron chi connectivity index (χ1n) is 10.3. The first kappa shape index (κ1) is 20.7. The molecule has 2 aromatic rings. The molecule has 2 aromatic carbocycles. The molecule has 2 amide bonds. The van der Waals surface area contributed by atoms with Crippen LogP contribution in [-0.4, -0.2) is 56.0 Å². The van der Waals surface area contributed by atoms with Crippen LogP contribution >= 0.6 is 11.6 Å². The highest BCUT2D eigenvalue weighted by Crippen LogP contribution is 2.30. The average Bonchev–Trinajstić information content (AvgIpc) is 2.99. The van der Waals surface area contributed by atoms with Crippen LogP contribution in [0.15, 0.2) is 36.4 Å². The number of nitrogens with zero attached hydrogens (tertiary/aromatic N) is 3. The second-order valence-corrected chi connectivity index (χ2v) is 8.63. The van der Waals surface area contributed by atoms with Crippen molar-refractivity contribution < 1.29 is 9.59 Å². The van der Waals surface area contributed by atoms with Crippen molar-refractivity contribution in [3.8, 4) is 0 Å². The number of anilines is 3. The maximum Gasteiger partial charge on any atom is 0.238 e. The lowest BCUT2D eigenvalue weighted by Crippen LogP contribution is -2.53. The largest absolute Gasteiger partial charge is 0.369 e. The molecule has 1 atom stereocenters. The summed E-state index contributed by atoms with van der Waals surface area (Å²) in [4.78, 5) is 30.7. The molecular formula is C23H27ClN4O2. The number of hydrogen-bond acceptors (Lipinski definition) is 4. The van der Waals surface area contributed by atoms with E-state index in [4.69, 9.17) is 11.6 Å². The normalized spacial score (nSPS) is 19.2. The minimum atomic E-state index is -0.0374. The summed E-state index contributed by atoms with van der Waals surface area (Å²) in [6, 6.07) is 12.0. The second kappa shape index (κ2) is 8.28. The number of carbonyl (C=O) groups excluding carboxylic acids is 2. The first-order valence-corrected chi connectivity index (χ1v) is 10.6. The number of benzene rings is 2. The van der Waals surface area contributed by atoms with Crippen molar-refractivity contribution >= 4 is 40.5 Å². The van der Waals surface area contributed by atoms with Gasteiger partial charge in [-0.3, -0.25) is 14.5 Å². The second-order valence-electron chi connectivity index (χ2n) is 8.22.